The summed E-state index contributed by atoms with van der Waals surface area (Å²) >= 11 is 0.596. The molecule has 0 aliphatic carbocycles. The fourth-order valence-electron chi connectivity index (χ4n) is 0.375. The summed E-state index contributed by atoms with van der Waals surface area (Å²) in [6, 6.07) is 0. The van der Waals surface area contributed by atoms with Gasteiger partial charge in [0.05, 0.1) is 0 Å². The van der Waals surface area contributed by atoms with Crippen LogP contribution in [0.15, 0.2) is 20.9 Å². The van der Waals surface area contributed by atoms with Crippen LogP contribution in [0, 0.1) is 0 Å². The molecule has 70 valence electrons. The highest BCUT2D eigenvalue weighted by atomic mass is 32.2. The molecule has 0 amide bonds. The molecule has 2 heterocycles. The van der Waals surface area contributed by atoms with Crippen molar-refractivity contribution in [2.45, 2.75) is 4.34 Å². The van der Waals surface area contributed by atoms with Gasteiger partial charge in [0.25, 0.3) is 0 Å². The Hall–Kier alpha value is -0.770. The summed E-state index contributed by atoms with van der Waals surface area (Å²) in [6.45, 7) is 0. The lowest BCUT2D eigenvalue weighted by atomic mass is 11.6. The molecule has 6 nitrogen and oxygen atoms in total. The minimum absolute atomic E-state index is 0.144. The molecule has 0 fully saturated rings. The van der Waals surface area contributed by atoms with Gasteiger partial charge < -0.3 is 4.55 Å². The Morgan fingerprint density at radius 1 is 1.23 bits per heavy atom. The van der Waals surface area contributed by atoms with Crippen LogP contribution in [-0.4, -0.2) is 29.2 Å². The minimum atomic E-state index is -1.95. The van der Waals surface area contributed by atoms with E-state index in [9.17, 15) is 4.21 Å². The molecule has 1 unspecified atom stereocenters. The van der Waals surface area contributed by atoms with Crippen LogP contribution in [0.25, 0.3) is 0 Å². The van der Waals surface area contributed by atoms with Crippen LogP contribution in [0.2, 0.25) is 0 Å². The molecule has 0 bridgehead atoms. The fraction of sp³-hybridized carbons (Fsp3) is 0. The molecule has 0 aromatic carbocycles. The van der Waals surface area contributed by atoms with Gasteiger partial charge in [-0.1, -0.05) is 11.3 Å². The second-order valence-electron chi connectivity index (χ2n) is 1.53. The number of rotatable bonds is 1. The summed E-state index contributed by atoms with van der Waals surface area (Å²) < 4.78 is 18.5. The standard InChI is InChI=1S/C2H2N2O2S2.C2H2N2S/c5-8(6)2-4-3-1-7-2;1-3-4-2-5-1/h1H,(H,5,6);1-2H. The number of hydrogen-bond donors (Lipinski definition) is 1. The molecule has 0 aliphatic rings. The van der Waals surface area contributed by atoms with Crippen molar-refractivity contribution in [3.05, 3.63) is 16.5 Å². The lowest BCUT2D eigenvalue weighted by Crippen LogP contribution is -1.85. The Morgan fingerprint density at radius 2 is 1.92 bits per heavy atom. The van der Waals surface area contributed by atoms with Crippen molar-refractivity contribution in [3.8, 4) is 0 Å². The molecule has 2 aromatic rings. The van der Waals surface area contributed by atoms with E-state index in [1.807, 2.05) is 0 Å². The Kier molecular flexibility index (Phi) is 4.60. The summed E-state index contributed by atoms with van der Waals surface area (Å²) in [5.74, 6) is 0. The zero-order valence-electron chi connectivity index (χ0n) is 6.10. The number of aromatic nitrogens is 4. The minimum Gasteiger partial charge on any atom is -0.300 e. The van der Waals surface area contributed by atoms with E-state index in [1.54, 1.807) is 11.0 Å². The average molecular weight is 236 g/mol. The van der Waals surface area contributed by atoms with Crippen LogP contribution in [-0.2, 0) is 11.1 Å². The summed E-state index contributed by atoms with van der Waals surface area (Å²) in [6.07, 6.45) is 0. The number of hydrogen-bond acceptors (Lipinski definition) is 7. The van der Waals surface area contributed by atoms with E-state index >= 15 is 0 Å². The summed E-state index contributed by atoms with van der Waals surface area (Å²) in [5, 5.41) is 13.7. The van der Waals surface area contributed by atoms with Gasteiger partial charge in [0.1, 0.15) is 16.5 Å². The normalized spacial score (nSPS) is 11.5. The second-order valence-corrected chi connectivity index (χ2v) is 4.20. The van der Waals surface area contributed by atoms with Crippen LogP contribution < -0.4 is 0 Å². The van der Waals surface area contributed by atoms with Gasteiger partial charge in [0.15, 0.2) is 0 Å². The van der Waals surface area contributed by atoms with Gasteiger partial charge in [-0.05, 0) is 0 Å². The zero-order chi connectivity index (χ0) is 9.52. The quantitative estimate of drug-likeness (QED) is 0.731. The maximum Gasteiger partial charge on any atom is 0.232 e. The Bertz CT molecular complexity index is 317. The van der Waals surface area contributed by atoms with E-state index in [1.165, 1.54) is 16.8 Å². The van der Waals surface area contributed by atoms with Crippen molar-refractivity contribution in [2.75, 3.05) is 0 Å². The third-order valence-electron chi connectivity index (χ3n) is 0.772. The lowest BCUT2D eigenvalue weighted by molar-refractivity contribution is 0.562. The Balaban J connectivity index is 0.000000145. The highest BCUT2D eigenvalue weighted by Gasteiger charge is 2.00. The Morgan fingerprint density at radius 3 is 2.15 bits per heavy atom. The molecule has 9 heteroatoms. The number of nitrogens with zero attached hydrogens (tertiary/aromatic N) is 4. The van der Waals surface area contributed by atoms with Gasteiger partial charge in [0.2, 0.25) is 15.4 Å². The van der Waals surface area contributed by atoms with Gasteiger partial charge in [-0.2, -0.15) is 0 Å². The van der Waals surface area contributed by atoms with Crippen LogP contribution in [0.3, 0.4) is 0 Å². The first-order valence-corrected chi connectivity index (χ1v) is 5.79. The third kappa shape index (κ3) is 4.12. The largest absolute Gasteiger partial charge is 0.300 e. The molecule has 0 spiro atoms. The van der Waals surface area contributed by atoms with Crippen molar-refractivity contribution in [3.63, 3.8) is 0 Å². The average Bonchev–Trinajstić information content (AvgIpc) is 2.82. The van der Waals surface area contributed by atoms with Gasteiger partial charge in [-0.15, -0.1) is 31.7 Å². The van der Waals surface area contributed by atoms with E-state index in [-0.39, 0.29) is 4.34 Å². The predicted octanol–water partition coefficient (Wildman–Crippen LogP) is 0.657. The topological polar surface area (TPSA) is 88.9 Å². The van der Waals surface area contributed by atoms with Crippen molar-refractivity contribution < 1.29 is 8.76 Å². The van der Waals surface area contributed by atoms with Crippen LogP contribution in [0.5, 0.6) is 0 Å². The summed E-state index contributed by atoms with van der Waals surface area (Å²) in [5.41, 5.74) is 4.77. The van der Waals surface area contributed by atoms with Crippen molar-refractivity contribution in [2.24, 2.45) is 0 Å². The van der Waals surface area contributed by atoms with E-state index in [2.05, 4.69) is 20.4 Å². The maximum atomic E-state index is 10.1. The molecular formula is C4H4N4O2S3. The van der Waals surface area contributed by atoms with Gasteiger partial charge >= 0.3 is 0 Å². The molecule has 2 aromatic heterocycles. The summed E-state index contributed by atoms with van der Waals surface area (Å²) in [7, 11) is 0. The smallest absolute Gasteiger partial charge is 0.232 e. The Labute approximate surface area is 84.0 Å². The second kappa shape index (κ2) is 5.80. The van der Waals surface area contributed by atoms with Crippen molar-refractivity contribution in [1.29, 1.82) is 0 Å². The first-order chi connectivity index (χ1) is 6.30. The molecule has 13 heavy (non-hydrogen) atoms. The molecule has 0 saturated heterocycles. The highest BCUT2D eigenvalue weighted by molar-refractivity contribution is 7.81. The fourth-order valence-corrected chi connectivity index (χ4v) is 1.50. The van der Waals surface area contributed by atoms with E-state index in [0.29, 0.717) is 0 Å². The van der Waals surface area contributed by atoms with Crippen molar-refractivity contribution in [1.82, 2.24) is 20.4 Å². The maximum absolute atomic E-state index is 10.1. The van der Waals surface area contributed by atoms with E-state index in [0.717, 1.165) is 11.3 Å². The SMILES string of the molecule is O=S(O)c1nncs1.c1nncs1. The van der Waals surface area contributed by atoms with Gasteiger partial charge in [0, 0.05) is 0 Å². The third-order valence-corrected chi connectivity index (χ3v) is 2.78. The molecule has 1 atom stereocenters. The monoisotopic (exact) mass is 236 g/mol. The van der Waals surface area contributed by atoms with E-state index in [4.69, 9.17) is 4.55 Å². The van der Waals surface area contributed by atoms with Gasteiger partial charge in [-0.3, -0.25) is 0 Å². The zero-order valence-corrected chi connectivity index (χ0v) is 8.55. The highest BCUT2D eigenvalue weighted by Crippen LogP contribution is 2.03. The molecule has 0 aliphatic heterocycles. The predicted molar refractivity (Wildman–Crippen MR) is 48.9 cm³/mol. The van der Waals surface area contributed by atoms with Crippen LogP contribution >= 0.6 is 22.7 Å². The van der Waals surface area contributed by atoms with Crippen LogP contribution in [0.4, 0.5) is 0 Å². The molecular weight excluding hydrogens is 232 g/mol. The van der Waals surface area contributed by atoms with Crippen LogP contribution in [0.1, 0.15) is 0 Å². The van der Waals surface area contributed by atoms with E-state index < -0.39 is 11.1 Å². The van der Waals surface area contributed by atoms with Crippen molar-refractivity contribution >= 4 is 33.8 Å². The first kappa shape index (κ1) is 10.3. The first-order valence-electron chi connectivity index (χ1n) is 2.86. The van der Waals surface area contributed by atoms with Gasteiger partial charge in [-0.25, -0.2) is 4.21 Å². The molecule has 2 rings (SSSR count). The molecule has 0 radical (unpaired) electrons. The lowest BCUT2D eigenvalue weighted by Gasteiger charge is -1.76. The summed E-state index contributed by atoms with van der Waals surface area (Å²) in [4.78, 5) is 0. The molecule has 0 saturated carbocycles. The molecule has 1 N–H and O–H groups in total.